The molecule has 0 aliphatic rings. The van der Waals surface area contributed by atoms with Gasteiger partial charge in [-0.25, -0.2) is 0 Å². The topological polar surface area (TPSA) is 107 Å². The molecule has 0 aromatic carbocycles. The molecular weight excluding hydrogens is 133 g/mol. The number of hydrogen-bond donors (Lipinski definition) is 5. The Bertz CT molecular complexity index is 30.5. The number of hydrogen-bond acceptors (Lipinski definition) is 5. The summed E-state index contributed by atoms with van der Waals surface area (Å²) in [6.07, 6.45) is 0. The lowest BCUT2D eigenvalue weighted by Crippen LogP contribution is -1.85. The van der Waals surface area contributed by atoms with Crippen molar-refractivity contribution in [3.8, 4) is 0 Å². The lowest BCUT2D eigenvalue weighted by molar-refractivity contribution is 0.186. The van der Waals surface area contributed by atoms with Crippen molar-refractivity contribution in [1.29, 1.82) is 0 Å². The number of rotatable bonds is 1. The highest BCUT2D eigenvalue weighted by Gasteiger charge is 1.72. The fourth-order valence-electron chi connectivity index (χ4n) is 0. The minimum atomic E-state index is -2.12. The molecule has 0 fully saturated rings. The molecule has 0 unspecified atom stereocenters. The van der Waals surface area contributed by atoms with Gasteiger partial charge in [0, 0.05) is 0 Å². The SMILES string of the molecule is NP(O)O.OCCO. The Hall–Kier alpha value is 0.230. The van der Waals surface area contributed by atoms with Crippen molar-refractivity contribution in [2.24, 2.45) is 5.50 Å². The summed E-state index contributed by atoms with van der Waals surface area (Å²) in [5, 5.41) is 15.2. The third-order valence-electron chi connectivity index (χ3n) is 0.1000. The summed E-state index contributed by atoms with van der Waals surface area (Å²) in [5.41, 5.74) is 4.29. The molecule has 0 aromatic heterocycles. The Kier molecular flexibility index (Phi) is 14.2. The van der Waals surface area contributed by atoms with E-state index in [1.54, 1.807) is 0 Å². The zero-order valence-electron chi connectivity index (χ0n) is 4.23. The van der Waals surface area contributed by atoms with E-state index in [0.717, 1.165) is 0 Å². The van der Waals surface area contributed by atoms with Crippen LogP contribution in [0.3, 0.4) is 0 Å². The van der Waals surface area contributed by atoms with Crippen LogP contribution in [0.1, 0.15) is 0 Å². The van der Waals surface area contributed by atoms with E-state index in [1.807, 2.05) is 0 Å². The highest BCUT2D eigenvalue weighted by atomic mass is 31.2. The highest BCUT2D eigenvalue weighted by Crippen LogP contribution is 2.05. The molecule has 0 aliphatic heterocycles. The summed E-state index contributed by atoms with van der Waals surface area (Å²) in [6, 6.07) is 0. The first-order valence-electron chi connectivity index (χ1n) is 1.79. The minimum absolute atomic E-state index is 0.125. The van der Waals surface area contributed by atoms with Crippen molar-refractivity contribution in [2.75, 3.05) is 13.2 Å². The summed E-state index contributed by atoms with van der Waals surface area (Å²) in [4.78, 5) is 14.9. The highest BCUT2D eigenvalue weighted by molar-refractivity contribution is 7.42. The van der Waals surface area contributed by atoms with Gasteiger partial charge < -0.3 is 20.0 Å². The third kappa shape index (κ3) is 113. The average molecular weight is 143 g/mol. The smallest absolute Gasteiger partial charge is 0.247 e. The van der Waals surface area contributed by atoms with Gasteiger partial charge >= 0.3 is 0 Å². The molecular formula is C2H10NO4P. The van der Waals surface area contributed by atoms with Gasteiger partial charge in [0.1, 0.15) is 0 Å². The van der Waals surface area contributed by atoms with Gasteiger partial charge in [-0.05, 0) is 0 Å². The van der Waals surface area contributed by atoms with Crippen LogP contribution in [0, 0.1) is 0 Å². The van der Waals surface area contributed by atoms with Crippen molar-refractivity contribution < 1.29 is 20.0 Å². The van der Waals surface area contributed by atoms with Crippen LogP contribution in [-0.2, 0) is 0 Å². The molecule has 0 aliphatic carbocycles. The molecule has 52 valence electrons. The molecule has 5 nitrogen and oxygen atoms in total. The maximum atomic E-state index is 7.62. The van der Waals surface area contributed by atoms with E-state index in [1.165, 1.54) is 0 Å². The third-order valence-corrected chi connectivity index (χ3v) is 0.1000. The van der Waals surface area contributed by atoms with Gasteiger partial charge in [-0.1, -0.05) is 0 Å². The van der Waals surface area contributed by atoms with Crippen LogP contribution in [0.2, 0.25) is 0 Å². The molecule has 0 saturated carbocycles. The summed E-state index contributed by atoms with van der Waals surface area (Å²) >= 11 is 0. The van der Waals surface area contributed by atoms with Gasteiger partial charge in [-0.3, -0.25) is 5.50 Å². The fraction of sp³-hybridized carbons (Fsp3) is 1.00. The van der Waals surface area contributed by atoms with E-state index in [-0.39, 0.29) is 13.2 Å². The van der Waals surface area contributed by atoms with Crippen molar-refractivity contribution in [1.82, 2.24) is 0 Å². The predicted molar refractivity (Wildman–Crippen MR) is 29.7 cm³/mol. The van der Waals surface area contributed by atoms with E-state index >= 15 is 0 Å². The van der Waals surface area contributed by atoms with Crippen molar-refractivity contribution in [3.05, 3.63) is 0 Å². The van der Waals surface area contributed by atoms with Gasteiger partial charge in [-0.2, -0.15) is 0 Å². The predicted octanol–water partition coefficient (Wildman–Crippen LogP) is -1.87. The first-order chi connectivity index (χ1) is 3.65. The normalized spacial score (nSPS) is 8.25. The standard InChI is InChI=1S/C2H6O2.H4NO2P/c3-1-2-4;1-4(2)3/h3-4H,1-2H2;2-3H,1H2. The largest absolute Gasteiger partial charge is 0.394 e. The maximum absolute atomic E-state index is 7.62. The molecule has 0 spiro atoms. The quantitative estimate of drug-likeness (QED) is 0.276. The molecule has 0 rings (SSSR count). The maximum Gasteiger partial charge on any atom is 0.247 e. The average Bonchev–Trinajstić information content (AvgIpc) is 1.65. The Morgan fingerprint density at radius 2 is 1.25 bits per heavy atom. The second kappa shape index (κ2) is 10.3. The number of aliphatic hydroxyl groups excluding tert-OH is 2. The summed E-state index contributed by atoms with van der Waals surface area (Å²) in [6.45, 7) is -0.250. The molecule has 6 heteroatoms. The van der Waals surface area contributed by atoms with Crippen LogP contribution in [0.4, 0.5) is 0 Å². The van der Waals surface area contributed by atoms with Crippen LogP contribution >= 0.6 is 8.53 Å². The van der Waals surface area contributed by atoms with Gasteiger partial charge in [0.05, 0.1) is 13.2 Å². The van der Waals surface area contributed by atoms with Crippen LogP contribution < -0.4 is 5.50 Å². The van der Waals surface area contributed by atoms with Crippen LogP contribution in [-0.4, -0.2) is 33.2 Å². The van der Waals surface area contributed by atoms with Gasteiger partial charge in [0.25, 0.3) is 0 Å². The Balaban J connectivity index is 0. The fourth-order valence-corrected chi connectivity index (χ4v) is 0. The van der Waals surface area contributed by atoms with Crippen molar-refractivity contribution >= 4 is 8.53 Å². The Morgan fingerprint density at radius 3 is 1.25 bits per heavy atom. The summed E-state index contributed by atoms with van der Waals surface area (Å²) in [5.74, 6) is 0. The second-order valence-corrected chi connectivity index (χ2v) is 1.41. The van der Waals surface area contributed by atoms with Crippen LogP contribution in [0.5, 0.6) is 0 Å². The zero-order valence-corrected chi connectivity index (χ0v) is 5.12. The molecule has 0 saturated heterocycles. The molecule has 0 atom stereocenters. The molecule has 0 heterocycles. The first-order valence-corrected chi connectivity index (χ1v) is 3.11. The molecule has 0 radical (unpaired) electrons. The van der Waals surface area contributed by atoms with Crippen molar-refractivity contribution in [3.63, 3.8) is 0 Å². The molecule has 8 heavy (non-hydrogen) atoms. The van der Waals surface area contributed by atoms with E-state index < -0.39 is 8.53 Å². The lowest BCUT2D eigenvalue weighted by Gasteiger charge is -1.79. The van der Waals surface area contributed by atoms with Gasteiger partial charge in [0.15, 0.2) is 0 Å². The van der Waals surface area contributed by atoms with Crippen LogP contribution in [0.15, 0.2) is 0 Å². The van der Waals surface area contributed by atoms with E-state index in [0.29, 0.717) is 0 Å². The lowest BCUT2D eigenvalue weighted by atomic mass is 10.8. The number of nitrogens with two attached hydrogens (primary N) is 1. The Labute approximate surface area is 48.4 Å². The number of aliphatic hydroxyl groups is 2. The summed E-state index contributed by atoms with van der Waals surface area (Å²) in [7, 11) is -2.12. The minimum Gasteiger partial charge on any atom is -0.394 e. The molecule has 6 N–H and O–H groups in total. The van der Waals surface area contributed by atoms with Gasteiger partial charge in [-0.15, -0.1) is 0 Å². The molecule has 0 bridgehead atoms. The van der Waals surface area contributed by atoms with E-state index in [2.05, 4.69) is 5.50 Å². The second-order valence-electron chi connectivity index (χ2n) is 0.768. The monoisotopic (exact) mass is 143 g/mol. The Morgan fingerprint density at radius 1 is 1.12 bits per heavy atom. The zero-order chi connectivity index (χ0) is 6.99. The van der Waals surface area contributed by atoms with E-state index in [4.69, 9.17) is 20.0 Å². The molecule has 0 aromatic rings. The van der Waals surface area contributed by atoms with E-state index in [9.17, 15) is 0 Å². The van der Waals surface area contributed by atoms with Crippen LogP contribution in [0.25, 0.3) is 0 Å². The van der Waals surface area contributed by atoms with Gasteiger partial charge in [0.2, 0.25) is 8.53 Å². The molecule has 0 amide bonds. The first kappa shape index (κ1) is 11.1. The summed E-state index contributed by atoms with van der Waals surface area (Å²) < 4.78 is 0. The van der Waals surface area contributed by atoms with Crippen molar-refractivity contribution in [2.45, 2.75) is 0 Å².